The van der Waals surface area contributed by atoms with Crippen LogP contribution in [0.5, 0.6) is 0 Å². The summed E-state index contributed by atoms with van der Waals surface area (Å²) in [5.41, 5.74) is 1.68. The molecule has 0 aliphatic carbocycles. The second-order valence-corrected chi connectivity index (χ2v) is 4.67. The Bertz CT molecular complexity index is 438. The van der Waals surface area contributed by atoms with Gasteiger partial charge < -0.3 is 4.74 Å². The molecule has 2 nitrogen and oxygen atoms in total. The van der Waals surface area contributed by atoms with Crippen molar-refractivity contribution in [1.82, 2.24) is 0 Å². The largest absolute Gasteiger partial charge is 0.475 e. The molecule has 1 aliphatic rings. The molecular weight excluding hydrogens is 205 g/mol. The van der Waals surface area contributed by atoms with Gasteiger partial charge in [0, 0.05) is 5.56 Å². The second-order valence-electron chi connectivity index (χ2n) is 4.67. The molecule has 1 heterocycles. The summed E-state index contributed by atoms with van der Waals surface area (Å²) in [5.74, 6) is 0.431. The van der Waals surface area contributed by atoms with E-state index in [0.717, 1.165) is 17.5 Å². The molecule has 0 amide bonds. The molecule has 86 valence electrons. The van der Waals surface area contributed by atoms with Crippen molar-refractivity contribution in [2.75, 3.05) is 6.61 Å². The van der Waals surface area contributed by atoms with Gasteiger partial charge in [-0.2, -0.15) is 0 Å². The lowest BCUT2D eigenvalue weighted by molar-refractivity contribution is 0.279. The van der Waals surface area contributed by atoms with E-state index in [-0.39, 0.29) is 11.4 Å². The Kier molecular flexibility index (Phi) is 2.70. The van der Waals surface area contributed by atoms with E-state index in [0.29, 0.717) is 12.5 Å². The molecular formula is C13H16FNO. The van der Waals surface area contributed by atoms with Crippen LogP contribution in [0.15, 0.2) is 23.2 Å². The Morgan fingerprint density at radius 2 is 2.19 bits per heavy atom. The zero-order valence-electron chi connectivity index (χ0n) is 9.88. The van der Waals surface area contributed by atoms with Gasteiger partial charge in [0.05, 0.1) is 5.54 Å². The van der Waals surface area contributed by atoms with E-state index in [2.05, 4.69) is 4.99 Å². The Labute approximate surface area is 95.2 Å². The number of rotatable bonds is 2. The SMILES string of the molecule is CCc1cc(F)ccc1C1=NC(C)(C)CO1. The molecule has 0 saturated heterocycles. The fourth-order valence-corrected chi connectivity index (χ4v) is 1.79. The fourth-order valence-electron chi connectivity index (χ4n) is 1.79. The number of aryl methyl sites for hydroxylation is 1. The molecule has 0 aromatic heterocycles. The number of hydrogen-bond donors (Lipinski definition) is 0. The quantitative estimate of drug-likeness (QED) is 0.752. The van der Waals surface area contributed by atoms with Crippen molar-refractivity contribution >= 4 is 5.90 Å². The number of hydrogen-bond acceptors (Lipinski definition) is 2. The van der Waals surface area contributed by atoms with Gasteiger partial charge in [-0.1, -0.05) is 6.92 Å². The predicted molar refractivity (Wildman–Crippen MR) is 62.3 cm³/mol. The molecule has 1 aromatic rings. The van der Waals surface area contributed by atoms with Crippen LogP contribution in [0.1, 0.15) is 31.9 Å². The van der Waals surface area contributed by atoms with Gasteiger partial charge in [0.15, 0.2) is 0 Å². The lowest BCUT2D eigenvalue weighted by atomic mass is 10.0. The molecule has 1 aliphatic heterocycles. The first-order valence-corrected chi connectivity index (χ1v) is 5.53. The average Bonchev–Trinajstić information content (AvgIpc) is 2.58. The monoisotopic (exact) mass is 221 g/mol. The smallest absolute Gasteiger partial charge is 0.217 e. The standard InChI is InChI=1S/C13H16FNO/c1-4-9-7-10(14)5-6-11(9)12-15-13(2,3)8-16-12/h5-7H,4,8H2,1-3H3. The molecule has 2 rings (SSSR count). The van der Waals surface area contributed by atoms with Gasteiger partial charge in [-0.05, 0) is 44.0 Å². The average molecular weight is 221 g/mol. The first-order valence-electron chi connectivity index (χ1n) is 5.53. The van der Waals surface area contributed by atoms with Gasteiger partial charge in [-0.3, -0.25) is 0 Å². The predicted octanol–water partition coefficient (Wildman–Crippen LogP) is 2.94. The third kappa shape index (κ3) is 2.08. The zero-order chi connectivity index (χ0) is 11.8. The van der Waals surface area contributed by atoms with Crippen molar-refractivity contribution in [2.24, 2.45) is 4.99 Å². The number of aliphatic imine (C=N–C) groups is 1. The molecule has 0 atom stereocenters. The van der Waals surface area contributed by atoms with E-state index in [4.69, 9.17) is 4.74 Å². The van der Waals surface area contributed by atoms with E-state index >= 15 is 0 Å². The van der Waals surface area contributed by atoms with Crippen molar-refractivity contribution < 1.29 is 9.13 Å². The number of ether oxygens (including phenoxy) is 1. The van der Waals surface area contributed by atoms with Crippen molar-refractivity contribution in [3.63, 3.8) is 0 Å². The summed E-state index contributed by atoms with van der Waals surface area (Å²) < 4.78 is 18.7. The van der Waals surface area contributed by atoms with Crippen LogP contribution in [0.3, 0.4) is 0 Å². The first-order chi connectivity index (χ1) is 7.52. The highest BCUT2D eigenvalue weighted by molar-refractivity contribution is 5.96. The Morgan fingerprint density at radius 3 is 2.75 bits per heavy atom. The van der Waals surface area contributed by atoms with Crippen LogP contribution in [0.2, 0.25) is 0 Å². The maximum absolute atomic E-state index is 13.1. The van der Waals surface area contributed by atoms with Gasteiger partial charge >= 0.3 is 0 Å². The van der Waals surface area contributed by atoms with Crippen molar-refractivity contribution in [1.29, 1.82) is 0 Å². The van der Waals surface area contributed by atoms with E-state index in [1.165, 1.54) is 6.07 Å². The van der Waals surface area contributed by atoms with E-state index in [9.17, 15) is 4.39 Å². The lowest BCUT2D eigenvalue weighted by Gasteiger charge is -2.07. The molecule has 0 spiro atoms. The van der Waals surface area contributed by atoms with Crippen molar-refractivity contribution in [3.05, 3.63) is 35.1 Å². The summed E-state index contributed by atoms with van der Waals surface area (Å²) in [6.07, 6.45) is 0.774. The zero-order valence-corrected chi connectivity index (χ0v) is 9.88. The molecule has 0 radical (unpaired) electrons. The first kappa shape index (κ1) is 11.1. The number of halogens is 1. The summed E-state index contributed by atoms with van der Waals surface area (Å²) in [7, 11) is 0. The number of benzene rings is 1. The van der Waals surface area contributed by atoms with Crippen molar-refractivity contribution in [2.45, 2.75) is 32.7 Å². The van der Waals surface area contributed by atoms with Gasteiger partial charge in [0.25, 0.3) is 0 Å². The maximum atomic E-state index is 13.1. The summed E-state index contributed by atoms with van der Waals surface area (Å²) in [5, 5.41) is 0. The molecule has 0 bridgehead atoms. The Balaban J connectivity index is 2.42. The molecule has 0 N–H and O–H groups in total. The minimum absolute atomic E-state index is 0.172. The molecule has 0 fully saturated rings. The van der Waals surface area contributed by atoms with Gasteiger partial charge in [0.1, 0.15) is 12.4 Å². The molecule has 0 unspecified atom stereocenters. The van der Waals surface area contributed by atoms with Crippen molar-refractivity contribution in [3.8, 4) is 0 Å². The van der Waals surface area contributed by atoms with Crippen LogP contribution in [0.25, 0.3) is 0 Å². The number of nitrogens with zero attached hydrogens (tertiary/aromatic N) is 1. The van der Waals surface area contributed by atoms with Gasteiger partial charge in [-0.15, -0.1) is 0 Å². The topological polar surface area (TPSA) is 21.6 Å². The minimum Gasteiger partial charge on any atom is -0.475 e. The Morgan fingerprint density at radius 1 is 1.44 bits per heavy atom. The van der Waals surface area contributed by atoms with Crippen LogP contribution in [-0.4, -0.2) is 18.0 Å². The highest BCUT2D eigenvalue weighted by Gasteiger charge is 2.27. The highest BCUT2D eigenvalue weighted by Crippen LogP contribution is 2.23. The van der Waals surface area contributed by atoms with Crippen LogP contribution >= 0.6 is 0 Å². The Hall–Kier alpha value is -1.38. The van der Waals surface area contributed by atoms with Gasteiger partial charge in [-0.25, -0.2) is 9.38 Å². The molecule has 16 heavy (non-hydrogen) atoms. The van der Waals surface area contributed by atoms with Crippen LogP contribution in [0.4, 0.5) is 4.39 Å². The molecule has 0 saturated carbocycles. The van der Waals surface area contributed by atoms with E-state index < -0.39 is 0 Å². The van der Waals surface area contributed by atoms with Crippen LogP contribution in [-0.2, 0) is 11.2 Å². The van der Waals surface area contributed by atoms with Crippen LogP contribution in [0, 0.1) is 5.82 Å². The van der Waals surface area contributed by atoms with E-state index in [1.54, 1.807) is 12.1 Å². The molecule has 1 aromatic carbocycles. The van der Waals surface area contributed by atoms with Crippen LogP contribution < -0.4 is 0 Å². The summed E-state index contributed by atoms with van der Waals surface area (Å²) in [4.78, 5) is 4.50. The normalized spacial score (nSPS) is 18.1. The minimum atomic E-state index is -0.210. The molecule has 3 heteroatoms. The van der Waals surface area contributed by atoms with Gasteiger partial charge in [0.2, 0.25) is 5.90 Å². The maximum Gasteiger partial charge on any atom is 0.217 e. The summed E-state index contributed by atoms with van der Waals surface area (Å²) in [6.45, 7) is 6.63. The third-order valence-corrected chi connectivity index (χ3v) is 2.64. The lowest BCUT2D eigenvalue weighted by Crippen LogP contribution is -2.17. The summed E-state index contributed by atoms with van der Waals surface area (Å²) >= 11 is 0. The third-order valence-electron chi connectivity index (χ3n) is 2.64. The second kappa shape index (κ2) is 3.89. The highest BCUT2D eigenvalue weighted by atomic mass is 19.1. The summed E-state index contributed by atoms with van der Waals surface area (Å²) in [6, 6.07) is 4.74. The fraction of sp³-hybridized carbons (Fsp3) is 0.462. The van der Waals surface area contributed by atoms with E-state index in [1.807, 2.05) is 20.8 Å².